The van der Waals surface area contributed by atoms with Gasteiger partial charge in [0.05, 0.1) is 5.56 Å². The van der Waals surface area contributed by atoms with Gasteiger partial charge in [-0.25, -0.2) is 4.39 Å². The predicted octanol–water partition coefficient (Wildman–Crippen LogP) is 3.15. The van der Waals surface area contributed by atoms with Gasteiger partial charge in [-0.15, -0.1) is 11.6 Å². The maximum absolute atomic E-state index is 13.3. The fourth-order valence-corrected chi connectivity index (χ4v) is 1.37. The Balaban J connectivity index is 3.31. The maximum Gasteiger partial charge on any atom is 0.171 e. The van der Waals surface area contributed by atoms with Crippen LogP contribution in [-0.4, -0.2) is 11.7 Å². The third kappa shape index (κ3) is 2.23. The number of rotatable bonds is 3. The van der Waals surface area contributed by atoms with E-state index in [1.807, 2.05) is 0 Å². The van der Waals surface area contributed by atoms with Crippen LogP contribution in [0.1, 0.15) is 29.8 Å². The van der Waals surface area contributed by atoms with Crippen LogP contribution in [0.5, 0.6) is 0 Å². The molecule has 0 saturated carbocycles. The molecule has 0 spiro atoms. The van der Waals surface area contributed by atoms with E-state index in [0.717, 1.165) is 6.07 Å². The number of nitrogens with zero attached hydrogens (tertiary/aromatic N) is 1. The van der Waals surface area contributed by atoms with E-state index in [0.29, 0.717) is 0 Å². The summed E-state index contributed by atoms with van der Waals surface area (Å²) in [6.45, 7) is 3.32. The third-order valence-electron chi connectivity index (χ3n) is 2.32. The normalized spacial score (nSPS) is 10.9. The van der Waals surface area contributed by atoms with E-state index in [1.165, 1.54) is 12.1 Å². The summed E-state index contributed by atoms with van der Waals surface area (Å²) in [6, 6.07) is 5.71. The Morgan fingerprint density at radius 2 is 2.19 bits per heavy atom. The Bertz CT molecular complexity index is 463. The minimum Gasteiger partial charge on any atom is -0.293 e. The summed E-state index contributed by atoms with van der Waals surface area (Å²) in [7, 11) is 0. The molecule has 1 aromatic rings. The number of hydrogen-bond donors (Lipinski definition) is 0. The van der Waals surface area contributed by atoms with Gasteiger partial charge in [-0.1, -0.05) is 19.9 Å². The molecular weight excluding hydrogens is 229 g/mol. The largest absolute Gasteiger partial charge is 0.293 e. The van der Waals surface area contributed by atoms with Gasteiger partial charge in [0.2, 0.25) is 0 Å². The first-order valence-corrected chi connectivity index (χ1v) is 5.27. The summed E-state index contributed by atoms with van der Waals surface area (Å²) in [5.74, 6) is -0.884. The van der Waals surface area contributed by atoms with E-state index >= 15 is 0 Å². The lowest BCUT2D eigenvalue weighted by Crippen LogP contribution is -2.27. The van der Waals surface area contributed by atoms with E-state index in [9.17, 15) is 9.18 Å². The minimum absolute atomic E-state index is 0.0909. The fourth-order valence-electron chi connectivity index (χ4n) is 1.25. The third-order valence-corrected chi connectivity index (χ3v) is 2.99. The van der Waals surface area contributed by atoms with Crippen LogP contribution in [0.15, 0.2) is 18.2 Å². The molecule has 2 nitrogen and oxygen atoms in total. The molecule has 0 aromatic heterocycles. The highest BCUT2D eigenvalue weighted by atomic mass is 35.5. The zero-order valence-corrected chi connectivity index (χ0v) is 9.81. The van der Waals surface area contributed by atoms with Crippen molar-refractivity contribution < 1.29 is 9.18 Å². The van der Waals surface area contributed by atoms with E-state index in [4.69, 9.17) is 16.9 Å². The molecule has 0 atom stereocenters. The Morgan fingerprint density at radius 1 is 1.56 bits per heavy atom. The van der Waals surface area contributed by atoms with Gasteiger partial charge in [-0.3, -0.25) is 4.79 Å². The summed E-state index contributed by atoms with van der Waals surface area (Å²) in [5.41, 5.74) is -0.931. The number of halogens is 2. The molecule has 84 valence electrons. The van der Waals surface area contributed by atoms with Crippen molar-refractivity contribution in [1.29, 1.82) is 5.26 Å². The number of alkyl halides is 1. The molecule has 0 aliphatic heterocycles. The van der Waals surface area contributed by atoms with Gasteiger partial charge in [-0.2, -0.15) is 5.26 Å². The van der Waals surface area contributed by atoms with E-state index in [1.54, 1.807) is 19.9 Å². The van der Waals surface area contributed by atoms with Crippen LogP contribution in [0, 0.1) is 22.6 Å². The van der Waals surface area contributed by atoms with Crippen molar-refractivity contribution in [2.24, 2.45) is 5.41 Å². The molecule has 0 radical (unpaired) electrons. The second-order valence-corrected chi connectivity index (χ2v) is 4.39. The summed E-state index contributed by atoms with van der Waals surface area (Å²) in [4.78, 5) is 12.0. The molecule has 0 aliphatic carbocycles. The highest BCUT2D eigenvalue weighted by molar-refractivity contribution is 6.21. The van der Waals surface area contributed by atoms with Crippen LogP contribution in [0.4, 0.5) is 4.39 Å². The first-order chi connectivity index (χ1) is 7.44. The van der Waals surface area contributed by atoms with Crippen molar-refractivity contribution in [1.82, 2.24) is 0 Å². The number of hydrogen-bond acceptors (Lipinski definition) is 2. The molecule has 16 heavy (non-hydrogen) atoms. The first-order valence-electron chi connectivity index (χ1n) is 4.73. The van der Waals surface area contributed by atoms with Gasteiger partial charge >= 0.3 is 0 Å². The van der Waals surface area contributed by atoms with E-state index in [2.05, 4.69) is 0 Å². The predicted molar refractivity (Wildman–Crippen MR) is 59.9 cm³/mol. The van der Waals surface area contributed by atoms with Crippen LogP contribution < -0.4 is 0 Å². The molecule has 0 N–H and O–H groups in total. The fraction of sp³-hybridized carbons (Fsp3) is 0.333. The summed E-state index contributed by atoms with van der Waals surface area (Å²) in [5, 5.41) is 8.81. The maximum atomic E-state index is 13.3. The minimum atomic E-state index is -0.805. The van der Waals surface area contributed by atoms with Crippen molar-refractivity contribution in [3.63, 3.8) is 0 Å². The van der Waals surface area contributed by atoms with Crippen molar-refractivity contribution in [3.05, 3.63) is 35.1 Å². The summed E-state index contributed by atoms with van der Waals surface area (Å²) < 4.78 is 13.3. The van der Waals surface area contributed by atoms with Gasteiger partial charge in [-0.05, 0) is 12.1 Å². The van der Waals surface area contributed by atoms with Gasteiger partial charge in [0, 0.05) is 16.9 Å². The zero-order valence-electron chi connectivity index (χ0n) is 9.05. The van der Waals surface area contributed by atoms with E-state index in [-0.39, 0.29) is 22.8 Å². The molecular formula is C12H11ClFNO. The molecule has 0 aliphatic rings. The second-order valence-electron chi connectivity index (χ2n) is 4.12. The molecule has 0 saturated heterocycles. The molecule has 0 bridgehead atoms. The van der Waals surface area contributed by atoms with E-state index < -0.39 is 11.2 Å². The monoisotopic (exact) mass is 239 g/mol. The molecule has 1 rings (SSSR count). The number of nitriles is 1. The van der Waals surface area contributed by atoms with Crippen LogP contribution in [0.25, 0.3) is 0 Å². The molecule has 4 heteroatoms. The average molecular weight is 240 g/mol. The Morgan fingerprint density at radius 3 is 2.69 bits per heavy atom. The van der Waals surface area contributed by atoms with Crippen LogP contribution in [0.3, 0.4) is 0 Å². The molecule has 0 unspecified atom stereocenters. The lowest BCUT2D eigenvalue weighted by Gasteiger charge is -2.20. The van der Waals surface area contributed by atoms with Crippen molar-refractivity contribution >= 4 is 17.4 Å². The standard InChI is InChI=1S/C12H11ClFNO/c1-12(2,7-13)11(16)8-4-3-5-10(14)9(8)6-15/h3-5H,7H2,1-2H3. The quantitative estimate of drug-likeness (QED) is 0.601. The van der Waals surface area contributed by atoms with Crippen LogP contribution in [0.2, 0.25) is 0 Å². The summed E-state index contributed by atoms with van der Waals surface area (Å²) >= 11 is 5.68. The van der Waals surface area contributed by atoms with Gasteiger partial charge in [0.25, 0.3) is 0 Å². The topological polar surface area (TPSA) is 40.9 Å². The van der Waals surface area contributed by atoms with Gasteiger partial charge in [0.15, 0.2) is 5.78 Å². The number of Topliss-reactive ketones (excluding diaryl/α,β-unsaturated/α-hetero) is 1. The second kappa shape index (κ2) is 4.63. The Labute approximate surface area is 98.6 Å². The summed E-state index contributed by atoms with van der Waals surface area (Å²) in [6.07, 6.45) is 0. The molecule has 0 heterocycles. The number of benzene rings is 1. The number of carbonyl (C=O) groups excluding carboxylic acids is 1. The van der Waals surface area contributed by atoms with Crippen molar-refractivity contribution in [3.8, 4) is 6.07 Å². The Hall–Kier alpha value is -1.40. The smallest absolute Gasteiger partial charge is 0.171 e. The van der Waals surface area contributed by atoms with Crippen LogP contribution >= 0.6 is 11.6 Å². The highest BCUT2D eigenvalue weighted by Crippen LogP contribution is 2.26. The average Bonchev–Trinajstić information content (AvgIpc) is 2.27. The number of carbonyl (C=O) groups is 1. The molecule has 0 fully saturated rings. The lowest BCUT2D eigenvalue weighted by molar-refractivity contribution is 0.0861. The van der Waals surface area contributed by atoms with Crippen molar-refractivity contribution in [2.45, 2.75) is 13.8 Å². The molecule has 0 amide bonds. The first kappa shape index (κ1) is 12.7. The van der Waals surface area contributed by atoms with Crippen LogP contribution in [-0.2, 0) is 0 Å². The number of ketones is 1. The Kier molecular flexibility index (Phi) is 3.66. The van der Waals surface area contributed by atoms with Crippen molar-refractivity contribution in [2.75, 3.05) is 5.88 Å². The lowest BCUT2D eigenvalue weighted by atomic mass is 9.84. The molecule has 1 aromatic carbocycles. The highest BCUT2D eigenvalue weighted by Gasteiger charge is 2.30. The zero-order chi connectivity index (χ0) is 12.3. The van der Waals surface area contributed by atoms with Gasteiger partial charge < -0.3 is 0 Å². The van der Waals surface area contributed by atoms with Gasteiger partial charge in [0.1, 0.15) is 11.9 Å². The SMILES string of the molecule is CC(C)(CCl)C(=O)c1cccc(F)c1C#N.